The second kappa shape index (κ2) is 43.2. The minimum atomic E-state index is -1.94. The molecule has 0 aromatic carbocycles. The van der Waals surface area contributed by atoms with Crippen molar-refractivity contribution in [3.8, 4) is 0 Å². The number of hydrogen-bond acceptors (Lipinski definition) is 17. The second-order valence-corrected chi connectivity index (χ2v) is 26.0. The van der Waals surface area contributed by atoms with Gasteiger partial charge in [0.1, 0.15) is 60.4 Å². The molecule has 0 aromatic rings. The van der Waals surface area contributed by atoms with E-state index in [-0.39, 0.29) is 87.0 Å². The first-order chi connectivity index (χ1) is 43.5. The van der Waals surface area contributed by atoms with Crippen molar-refractivity contribution in [2.24, 2.45) is 69.2 Å². The number of carbonyl (C=O) groups excluding carboxylic acids is 12. The van der Waals surface area contributed by atoms with Crippen molar-refractivity contribution in [1.29, 1.82) is 0 Å². The predicted octanol–water partition coefficient (Wildman–Crippen LogP) is -2.94. The lowest BCUT2D eigenvalue weighted by Gasteiger charge is -2.29. The summed E-state index contributed by atoms with van der Waals surface area (Å²) in [7, 11) is 0. The van der Waals surface area contributed by atoms with Crippen LogP contribution in [0.2, 0.25) is 0 Å². The maximum Gasteiger partial charge on any atom is 0.326 e. The molecular formula is C60H106N16O18. The number of guanidine groups is 1. The van der Waals surface area contributed by atoms with E-state index in [9.17, 15) is 82.1 Å². The van der Waals surface area contributed by atoms with Crippen molar-refractivity contribution in [2.75, 3.05) is 6.54 Å². The van der Waals surface area contributed by atoms with Crippen LogP contribution in [0.1, 0.15) is 173 Å². The minimum Gasteiger partial charge on any atom is -0.481 e. The van der Waals surface area contributed by atoms with Crippen molar-refractivity contribution < 1.29 is 87.2 Å². The van der Waals surface area contributed by atoms with Crippen molar-refractivity contribution in [2.45, 2.75) is 239 Å². The normalized spacial score (nSPS) is 14.8. The molecule has 0 rings (SSSR count). The van der Waals surface area contributed by atoms with Gasteiger partial charge in [0.2, 0.25) is 70.9 Å². The Bertz CT molecular complexity index is 2630. The molecule has 11 atom stereocenters. The van der Waals surface area contributed by atoms with Crippen LogP contribution in [0.15, 0.2) is 4.99 Å². The van der Waals surface area contributed by atoms with Crippen LogP contribution in [-0.4, -0.2) is 183 Å². The lowest BCUT2D eigenvalue weighted by molar-refractivity contribution is -0.144. The topological polar surface area (TPSA) is 579 Å². The number of nitrogens with one attached hydrogen (secondary N) is 10. The molecule has 94 heavy (non-hydrogen) atoms. The zero-order valence-corrected chi connectivity index (χ0v) is 56.2. The highest BCUT2D eigenvalue weighted by atomic mass is 16.4. The lowest BCUT2D eigenvalue weighted by Crippen LogP contribution is -2.61. The second-order valence-electron chi connectivity index (χ2n) is 26.0. The SMILES string of the molecule is CC(C)C[C@H](NC(=O)[C@H](CCC(N)=O)NC(=O)[C@H](CC(N)=O)NC(=O)[C@H](CC(C)C)NC(=O)[C@H](CCCN=C(N)N)NC(=O)[C@H](CC(=O)O)NC(=O)[C@H](CC(C)C)NC(=O)[C@H](CC(C)C)NC(=O)[C@H](CC(C)C)NC(=O)[C@@H](N)CC(C)C)C(=O)N[C@@H](CCC(=O)O)C(=O)O. The number of primary amides is 2. The van der Waals surface area contributed by atoms with Crippen LogP contribution in [0.25, 0.3) is 0 Å². The first-order valence-corrected chi connectivity index (χ1v) is 31.6. The van der Waals surface area contributed by atoms with Crippen molar-refractivity contribution >= 4 is 94.8 Å². The first kappa shape index (κ1) is 85.3. The minimum absolute atomic E-state index is 0.0377. The van der Waals surface area contributed by atoms with Crippen LogP contribution < -0.4 is 81.8 Å². The Morgan fingerprint density at radius 1 is 0.319 bits per heavy atom. The number of rotatable bonds is 47. The van der Waals surface area contributed by atoms with Crippen molar-refractivity contribution in [3.63, 3.8) is 0 Å². The molecule has 0 saturated heterocycles. The third-order valence-electron chi connectivity index (χ3n) is 14.0. The number of carboxylic acid groups (broad SMARTS) is 3. The van der Waals surface area contributed by atoms with Gasteiger partial charge < -0.3 is 97.2 Å². The van der Waals surface area contributed by atoms with E-state index < -0.39 is 200 Å². The quantitative estimate of drug-likeness (QED) is 0.0165. The Balaban J connectivity index is 7.19. The Hall–Kier alpha value is -8.72. The Morgan fingerprint density at radius 2 is 0.596 bits per heavy atom. The number of nitrogens with zero attached hydrogens (tertiary/aromatic N) is 1. The van der Waals surface area contributed by atoms with Gasteiger partial charge in [-0.05, 0) is 99.7 Å². The molecule has 0 aliphatic heterocycles. The number of amides is 12. The standard InChI is InChI=1S/C60H106N16O18/c1-28(2)20-34(61)49(83)70-38(21-29(3)4)53(87)73-41(24-32(9)10)54(88)74-42(25-33(11)12)56(90)76-44(27-48(81)82)58(92)67-35(14-13-19-66-60(64)65)50(84)71-40(23-31(7)8)55(89)75-43(26-46(63)78)57(91)68-36(15-17-45(62)77)51(85)72-39(22-30(5)6)52(86)69-37(59(93)94)16-18-47(79)80/h28-44H,13-27,61H2,1-12H3,(H2,62,77)(H2,63,78)(H,67,92)(H,68,91)(H,69,86)(H,70,83)(H,71,84)(H,72,85)(H,73,87)(H,74,88)(H,75,89)(H,76,90)(H,79,80)(H,81,82)(H,93,94)(H4,64,65,66)/t34-,35-,36-,37-,38-,39-,40-,41-,42-,43-,44-/m0/s1. The first-order valence-electron chi connectivity index (χ1n) is 31.6. The smallest absolute Gasteiger partial charge is 0.326 e. The summed E-state index contributed by atoms with van der Waals surface area (Å²) in [6.07, 6.45) is -4.34. The summed E-state index contributed by atoms with van der Waals surface area (Å²) in [5.41, 5.74) is 28.0. The maximum atomic E-state index is 14.4. The van der Waals surface area contributed by atoms with Gasteiger partial charge in [0.05, 0.1) is 18.9 Å². The molecule has 0 radical (unpaired) electrons. The van der Waals surface area contributed by atoms with Crippen LogP contribution in [0.3, 0.4) is 0 Å². The Kier molecular flexibility index (Phi) is 39.2. The summed E-state index contributed by atoms with van der Waals surface area (Å²) in [4.78, 5) is 204. The Morgan fingerprint density at radius 3 is 0.894 bits per heavy atom. The number of nitrogens with two attached hydrogens (primary N) is 5. The molecule has 0 aliphatic rings. The summed E-state index contributed by atoms with van der Waals surface area (Å²) in [6, 6.07) is -16.7. The van der Waals surface area contributed by atoms with Crippen LogP contribution in [0, 0.1) is 35.5 Å². The maximum absolute atomic E-state index is 14.4. The molecule has 0 fully saturated rings. The fourth-order valence-electron chi connectivity index (χ4n) is 9.51. The molecule has 12 amide bonds. The highest BCUT2D eigenvalue weighted by Gasteiger charge is 2.38. The van der Waals surface area contributed by atoms with Gasteiger partial charge in [0.15, 0.2) is 5.96 Å². The molecule has 34 heteroatoms. The van der Waals surface area contributed by atoms with Gasteiger partial charge in [-0.3, -0.25) is 72.1 Å². The molecule has 34 nitrogen and oxygen atoms in total. The summed E-state index contributed by atoms with van der Waals surface area (Å²) in [6.45, 7) is 20.9. The van der Waals surface area contributed by atoms with Crippen LogP contribution >= 0.6 is 0 Å². The summed E-state index contributed by atoms with van der Waals surface area (Å²) >= 11 is 0. The van der Waals surface area contributed by atoms with E-state index in [2.05, 4.69) is 58.2 Å². The summed E-state index contributed by atoms with van der Waals surface area (Å²) < 4.78 is 0. The zero-order chi connectivity index (χ0) is 72.4. The third kappa shape index (κ3) is 36.5. The number of hydrogen-bond donors (Lipinski definition) is 18. The van der Waals surface area contributed by atoms with E-state index in [1.807, 2.05) is 27.7 Å². The van der Waals surface area contributed by atoms with E-state index in [0.29, 0.717) is 6.42 Å². The van der Waals surface area contributed by atoms with Gasteiger partial charge in [-0.15, -0.1) is 0 Å². The molecule has 0 aromatic heterocycles. The molecule has 0 saturated carbocycles. The van der Waals surface area contributed by atoms with Crippen LogP contribution in [0.4, 0.5) is 0 Å². The molecular weight excluding hydrogens is 1230 g/mol. The molecule has 23 N–H and O–H groups in total. The molecule has 0 unspecified atom stereocenters. The van der Waals surface area contributed by atoms with Gasteiger partial charge in [0, 0.05) is 19.4 Å². The number of aliphatic carboxylic acids is 3. The number of carboxylic acids is 3. The predicted molar refractivity (Wildman–Crippen MR) is 343 cm³/mol. The average molecular weight is 1340 g/mol. The van der Waals surface area contributed by atoms with Gasteiger partial charge in [-0.1, -0.05) is 83.1 Å². The zero-order valence-electron chi connectivity index (χ0n) is 56.2. The van der Waals surface area contributed by atoms with Gasteiger partial charge in [-0.2, -0.15) is 0 Å². The van der Waals surface area contributed by atoms with Gasteiger partial charge in [0.25, 0.3) is 0 Å². The Labute approximate surface area is 548 Å². The van der Waals surface area contributed by atoms with E-state index in [4.69, 9.17) is 33.8 Å². The van der Waals surface area contributed by atoms with Crippen LogP contribution in [-0.2, 0) is 71.9 Å². The molecule has 0 heterocycles. The van der Waals surface area contributed by atoms with Crippen molar-refractivity contribution in [1.82, 2.24) is 53.2 Å². The van der Waals surface area contributed by atoms with E-state index in [1.165, 1.54) is 0 Å². The average Bonchev–Trinajstić information content (AvgIpc) is 0.950. The largest absolute Gasteiger partial charge is 0.481 e. The molecule has 0 aliphatic carbocycles. The number of carbonyl (C=O) groups is 15. The van der Waals surface area contributed by atoms with Gasteiger partial charge in [-0.25, -0.2) is 4.79 Å². The van der Waals surface area contributed by atoms with E-state index >= 15 is 0 Å². The summed E-state index contributed by atoms with van der Waals surface area (Å²) in [5.74, 6) is -18.1. The molecule has 534 valence electrons. The van der Waals surface area contributed by atoms with Crippen molar-refractivity contribution in [3.05, 3.63) is 0 Å². The van der Waals surface area contributed by atoms with E-state index in [0.717, 1.165) is 0 Å². The molecule has 0 bridgehead atoms. The monoisotopic (exact) mass is 1340 g/mol. The fraction of sp³-hybridized carbons (Fsp3) is 0.733. The molecule has 0 spiro atoms. The highest BCUT2D eigenvalue weighted by Crippen LogP contribution is 2.15. The number of aliphatic imine (C=N–C) groups is 1. The lowest BCUT2D eigenvalue weighted by atomic mass is 9.98. The summed E-state index contributed by atoms with van der Waals surface area (Å²) in [5, 5.41) is 53.4. The van der Waals surface area contributed by atoms with Gasteiger partial charge >= 0.3 is 17.9 Å². The highest BCUT2D eigenvalue weighted by molar-refractivity contribution is 6.00. The van der Waals surface area contributed by atoms with Crippen LogP contribution in [0.5, 0.6) is 0 Å². The third-order valence-corrected chi connectivity index (χ3v) is 14.0. The fourth-order valence-corrected chi connectivity index (χ4v) is 9.51. The van der Waals surface area contributed by atoms with E-state index in [1.54, 1.807) is 55.4 Å².